The number of hydrogen-bond donors (Lipinski definition) is 1. The standard InChI is InChI=1S/C25H30ClN3O3S/c1-4-32-24(31)19-7-5-8-21(15-19)27-22(30)16-29-17-25(2,13-6-14-33-3)23(28-29)18-9-11-20(26)12-10-18/h5,7-12,15H,4,6,13-14,16-17H2,1-3H3,(H,27,30). The average molecular weight is 488 g/mol. The Labute approximate surface area is 204 Å². The molecular formula is C25H30ClN3O3S. The van der Waals surface area contributed by atoms with Gasteiger partial charge in [0, 0.05) is 22.7 Å². The molecule has 33 heavy (non-hydrogen) atoms. The van der Waals surface area contributed by atoms with Gasteiger partial charge in [0.2, 0.25) is 5.91 Å². The molecule has 0 bridgehead atoms. The van der Waals surface area contributed by atoms with Crippen molar-refractivity contribution in [1.29, 1.82) is 0 Å². The number of rotatable bonds is 10. The van der Waals surface area contributed by atoms with Gasteiger partial charge in [-0.15, -0.1) is 0 Å². The fourth-order valence-corrected chi connectivity index (χ4v) is 4.55. The average Bonchev–Trinajstić information content (AvgIpc) is 3.10. The Morgan fingerprint density at radius 1 is 1.24 bits per heavy atom. The Kier molecular flexibility index (Phi) is 8.80. The molecule has 0 aromatic heterocycles. The van der Waals surface area contributed by atoms with Crippen LogP contribution in [-0.4, -0.2) is 54.3 Å². The summed E-state index contributed by atoms with van der Waals surface area (Å²) in [5.41, 5.74) is 2.80. The molecule has 6 nitrogen and oxygen atoms in total. The van der Waals surface area contributed by atoms with Crippen LogP contribution in [0.5, 0.6) is 0 Å². The molecule has 1 atom stereocenters. The number of hydrogen-bond acceptors (Lipinski definition) is 6. The highest BCUT2D eigenvalue weighted by Crippen LogP contribution is 2.36. The second-order valence-electron chi connectivity index (χ2n) is 8.28. The summed E-state index contributed by atoms with van der Waals surface area (Å²) in [6.07, 6.45) is 4.17. The maximum atomic E-state index is 12.8. The van der Waals surface area contributed by atoms with E-state index < -0.39 is 5.97 Å². The fourth-order valence-electron chi connectivity index (χ4n) is 3.99. The van der Waals surface area contributed by atoms with Crippen molar-refractivity contribution >= 4 is 46.6 Å². The Hall–Kier alpha value is -2.51. The van der Waals surface area contributed by atoms with E-state index in [2.05, 4.69) is 18.5 Å². The normalized spacial score (nSPS) is 17.6. The Morgan fingerprint density at radius 2 is 2.00 bits per heavy atom. The van der Waals surface area contributed by atoms with Crippen LogP contribution in [0.25, 0.3) is 0 Å². The van der Waals surface area contributed by atoms with Gasteiger partial charge in [-0.3, -0.25) is 9.80 Å². The number of hydrazone groups is 1. The lowest BCUT2D eigenvalue weighted by Gasteiger charge is -2.26. The molecule has 176 valence electrons. The minimum absolute atomic E-state index is 0.124. The van der Waals surface area contributed by atoms with Crippen LogP contribution in [0.2, 0.25) is 5.02 Å². The topological polar surface area (TPSA) is 71.0 Å². The van der Waals surface area contributed by atoms with E-state index in [1.165, 1.54) is 0 Å². The highest BCUT2D eigenvalue weighted by atomic mass is 35.5. The molecule has 2 aromatic carbocycles. The van der Waals surface area contributed by atoms with Crippen molar-refractivity contribution in [2.75, 3.05) is 37.0 Å². The number of amides is 1. The van der Waals surface area contributed by atoms with Crippen LogP contribution in [0.15, 0.2) is 53.6 Å². The lowest BCUT2D eigenvalue weighted by molar-refractivity contribution is -0.117. The highest BCUT2D eigenvalue weighted by Gasteiger charge is 2.39. The number of anilines is 1. The summed E-state index contributed by atoms with van der Waals surface area (Å²) in [7, 11) is 0. The third-order valence-corrected chi connectivity index (χ3v) is 6.47. The Balaban J connectivity index is 1.72. The van der Waals surface area contributed by atoms with E-state index in [1.54, 1.807) is 31.2 Å². The molecule has 0 aliphatic carbocycles. The number of carbonyl (C=O) groups excluding carboxylic acids is 2. The monoisotopic (exact) mass is 487 g/mol. The molecular weight excluding hydrogens is 458 g/mol. The van der Waals surface area contributed by atoms with Crippen molar-refractivity contribution in [3.05, 3.63) is 64.7 Å². The molecule has 1 amide bonds. The minimum Gasteiger partial charge on any atom is -0.462 e. The summed E-state index contributed by atoms with van der Waals surface area (Å²) in [4.78, 5) is 24.7. The van der Waals surface area contributed by atoms with Gasteiger partial charge < -0.3 is 10.1 Å². The van der Waals surface area contributed by atoms with E-state index in [9.17, 15) is 9.59 Å². The zero-order valence-electron chi connectivity index (χ0n) is 19.3. The quantitative estimate of drug-likeness (QED) is 0.362. The second-order valence-corrected chi connectivity index (χ2v) is 9.71. The molecule has 1 heterocycles. The molecule has 0 saturated carbocycles. The predicted molar refractivity (Wildman–Crippen MR) is 136 cm³/mol. The van der Waals surface area contributed by atoms with Crippen molar-refractivity contribution in [1.82, 2.24) is 5.01 Å². The van der Waals surface area contributed by atoms with Crippen molar-refractivity contribution in [2.24, 2.45) is 10.5 Å². The minimum atomic E-state index is -0.411. The van der Waals surface area contributed by atoms with Crippen LogP contribution in [0.4, 0.5) is 5.69 Å². The van der Waals surface area contributed by atoms with Crippen LogP contribution in [-0.2, 0) is 9.53 Å². The number of nitrogens with one attached hydrogen (secondary N) is 1. The van der Waals surface area contributed by atoms with Crippen molar-refractivity contribution < 1.29 is 14.3 Å². The zero-order chi connectivity index (χ0) is 23.8. The smallest absolute Gasteiger partial charge is 0.338 e. The third-order valence-electron chi connectivity index (χ3n) is 5.52. The summed E-state index contributed by atoms with van der Waals surface area (Å²) in [6.45, 7) is 5.05. The first-order valence-electron chi connectivity index (χ1n) is 11.0. The van der Waals surface area contributed by atoms with Gasteiger partial charge in [0.1, 0.15) is 6.54 Å². The molecule has 1 aliphatic heterocycles. The van der Waals surface area contributed by atoms with Gasteiger partial charge in [-0.2, -0.15) is 16.9 Å². The van der Waals surface area contributed by atoms with Crippen LogP contribution in [0, 0.1) is 5.41 Å². The molecule has 0 fully saturated rings. The summed E-state index contributed by atoms with van der Waals surface area (Å²) >= 11 is 7.91. The van der Waals surface area contributed by atoms with E-state index in [1.807, 2.05) is 41.0 Å². The van der Waals surface area contributed by atoms with Crippen LogP contribution in [0.3, 0.4) is 0 Å². The molecule has 1 aliphatic rings. The summed E-state index contributed by atoms with van der Waals surface area (Å²) < 4.78 is 5.03. The van der Waals surface area contributed by atoms with Gasteiger partial charge in [-0.05, 0) is 67.7 Å². The molecule has 1 unspecified atom stereocenters. The molecule has 3 rings (SSSR count). The summed E-state index contributed by atoms with van der Waals surface area (Å²) in [5, 5.41) is 10.2. The molecule has 2 aromatic rings. The fraction of sp³-hybridized carbons (Fsp3) is 0.400. The Morgan fingerprint density at radius 3 is 2.70 bits per heavy atom. The van der Waals surface area contributed by atoms with Crippen LogP contribution >= 0.6 is 23.4 Å². The molecule has 0 radical (unpaired) electrons. The van der Waals surface area contributed by atoms with Gasteiger partial charge in [0.15, 0.2) is 0 Å². The maximum Gasteiger partial charge on any atom is 0.338 e. The van der Waals surface area contributed by atoms with E-state index in [0.29, 0.717) is 29.4 Å². The first-order chi connectivity index (χ1) is 15.8. The number of esters is 1. The Bertz CT molecular complexity index is 1010. The summed E-state index contributed by atoms with van der Waals surface area (Å²) in [6, 6.07) is 14.5. The second kappa shape index (κ2) is 11.6. The van der Waals surface area contributed by atoms with Crippen LogP contribution < -0.4 is 5.32 Å². The molecule has 8 heteroatoms. The first kappa shape index (κ1) is 25.1. The van der Waals surface area contributed by atoms with Gasteiger partial charge in [0.05, 0.1) is 17.9 Å². The van der Waals surface area contributed by atoms with Crippen molar-refractivity contribution in [2.45, 2.75) is 26.7 Å². The molecule has 0 saturated heterocycles. The van der Waals surface area contributed by atoms with Gasteiger partial charge in [-0.1, -0.05) is 36.7 Å². The number of ether oxygens (including phenoxy) is 1. The molecule has 0 spiro atoms. The van der Waals surface area contributed by atoms with E-state index in [-0.39, 0.29) is 17.9 Å². The van der Waals surface area contributed by atoms with Gasteiger partial charge in [0.25, 0.3) is 0 Å². The van der Waals surface area contributed by atoms with E-state index >= 15 is 0 Å². The molecule has 1 N–H and O–H groups in total. The highest BCUT2D eigenvalue weighted by molar-refractivity contribution is 7.98. The number of carbonyl (C=O) groups is 2. The third kappa shape index (κ3) is 6.74. The SMILES string of the molecule is CCOC(=O)c1cccc(NC(=O)CN2CC(C)(CCCSC)C(c3ccc(Cl)cc3)=N2)c1. The number of nitrogens with zero attached hydrogens (tertiary/aromatic N) is 2. The number of thioether (sulfide) groups is 1. The maximum absolute atomic E-state index is 12.8. The zero-order valence-corrected chi connectivity index (χ0v) is 20.8. The van der Waals surface area contributed by atoms with Crippen LogP contribution in [0.1, 0.15) is 42.6 Å². The van der Waals surface area contributed by atoms with Gasteiger partial charge in [-0.25, -0.2) is 4.79 Å². The largest absolute Gasteiger partial charge is 0.462 e. The summed E-state index contributed by atoms with van der Waals surface area (Å²) in [5.74, 6) is 0.482. The number of halogens is 1. The lowest BCUT2D eigenvalue weighted by Crippen LogP contribution is -2.34. The van der Waals surface area contributed by atoms with Gasteiger partial charge >= 0.3 is 5.97 Å². The first-order valence-corrected chi connectivity index (χ1v) is 12.8. The van der Waals surface area contributed by atoms with E-state index in [0.717, 1.165) is 29.9 Å². The number of benzene rings is 2. The van der Waals surface area contributed by atoms with Crippen molar-refractivity contribution in [3.8, 4) is 0 Å². The predicted octanol–water partition coefficient (Wildman–Crippen LogP) is 5.32. The van der Waals surface area contributed by atoms with Crippen molar-refractivity contribution in [3.63, 3.8) is 0 Å². The van der Waals surface area contributed by atoms with E-state index in [4.69, 9.17) is 21.4 Å². The lowest BCUT2D eigenvalue weighted by atomic mass is 9.78.